The fraction of sp³-hybridized carbons (Fsp3) is 0.318. The van der Waals surface area contributed by atoms with Gasteiger partial charge in [-0.2, -0.15) is 0 Å². The summed E-state index contributed by atoms with van der Waals surface area (Å²) in [4.78, 5) is 15.1. The largest absolute Gasteiger partial charge is 0.370 e. The topological polar surface area (TPSA) is 60.3 Å². The molecule has 2 aliphatic heterocycles. The number of aryl methyl sites for hydroxylation is 1. The number of piperidine rings is 1. The SMILES string of the molecule is Cc1ccccc1-c1cccc(C(=O)N2CCC3OCc4cnnn4C3C2)c1. The van der Waals surface area contributed by atoms with Gasteiger partial charge in [0, 0.05) is 18.7 Å². The van der Waals surface area contributed by atoms with E-state index in [1.54, 1.807) is 6.20 Å². The van der Waals surface area contributed by atoms with Crippen molar-refractivity contribution in [1.29, 1.82) is 0 Å². The van der Waals surface area contributed by atoms with E-state index in [0.29, 0.717) is 19.7 Å². The van der Waals surface area contributed by atoms with E-state index in [9.17, 15) is 4.79 Å². The van der Waals surface area contributed by atoms with Gasteiger partial charge in [-0.25, -0.2) is 4.68 Å². The number of likely N-dealkylation sites (tertiary alicyclic amines) is 1. The predicted octanol–water partition coefficient (Wildman–Crippen LogP) is 3.24. The van der Waals surface area contributed by atoms with Crippen LogP contribution in [0.15, 0.2) is 54.7 Å². The van der Waals surface area contributed by atoms with Crippen molar-refractivity contribution >= 4 is 5.91 Å². The van der Waals surface area contributed by atoms with E-state index < -0.39 is 0 Å². The zero-order chi connectivity index (χ0) is 19.1. The lowest BCUT2D eigenvalue weighted by Gasteiger charge is -2.41. The van der Waals surface area contributed by atoms with Crippen LogP contribution in [0.3, 0.4) is 0 Å². The molecule has 2 aromatic carbocycles. The van der Waals surface area contributed by atoms with Gasteiger partial charge in [-0.3, -0.25) is 4.79 Å². The van der Waals surface area contributed by atoms with Gasteiger partial charge in [0.15, 0.2) is 0 Å². The Kier molecular flexibility index (Phi) is 4.20. The Morgan fingerprint density at radius 1 is 1.18 bits per heavy atom. The minimum atomic E-state index is 0.0310. The molecule has 0 N–H and O–H groups in total. The lowest BCUT2D eigenvalue weighted by molar-refractivity contribution is -0.0605. The molecule has 0 saturated carbocycles. The first kappa shape index (κ1) is 17.1. The van der Waals surface area contributed by atoms with Gasteiger partial charge in [-0.05, 0) is 42.2 Å². The third-order valence-corrected chi connectivity index (χ3v) is 5.78. The molecule has 1 fully saturated rings. The number of benzene rings is 2. The molecule has 3 heterocycles. The van der Waals surface area contributed by atoms with Gasteiger partial charge < -0.3 is 9.64 Å². The predicted molar refractivity (Wildman–Crippen MR) is 105 cm³/mol. The average molecular weight is 374 g/mol. The van der Waals surface area contributed by atoms with Crippen molar-refractivity contribution in [3.05, 3.63) is 71.5 Å². The van der Waals surface area contributed by atoms with Crippen LogP contribution in [-0.2, 0) is 11.3 Å². The van der Waals surface area contributed by atoms with E-state index in [2.05, 4.69) is 35.4 Å². The van der Waals surface area contributed by atoms with Gasteiger partial charge in [0.2, 0.25) is 0 Å². The molecule has 1 amide bonds. The molecule has 142 valence electrons. The third kappa shape index (κ3) is 2.90. The molecule has 0 bridgehead atoms. The molecule has 2 unspecified atom stereocenters. The summed E-state index contributed by atoms with van der Waals surface area (Å²) in [5.41, 5.74) is 5.11. The van der Waals surface area contributed by atoms with Crippen LogP contribution >= 0.6 is 0 Å². The number of hydrogen-bond donors (Lipinski definition) is 0. The quantitative estimate of drug-likeness (QED) is 0.691. The molecule has 3 aromatic rings. The summed E-state index contributed by atoms with van der Waals surface area (Å²) in [5.74, 6) is 0.0566. The smallest absolute Gasteiger partial charge is 0.253 e. The van der Waals surface area contributed by atoms with E-state index in [0.717, 1.165) is 28.8 Å². The van der Waals surface area contributed by atoms with Gasteiger partial charge in [0.25, 0.3) is 5.91 Å². The number of nitrogens with zero attached hydrogens (tertiary/aromatic N) is 4. The number of carbonyl (C=O) groups excluding carboxylic acids is 1. The van der Waals surface area contributed by atoms with Crippen molar-refractivity contribution in [2.24, 2.45) is 0 Å². The van der Waals surface area contributed by atoms with Crippen molar-refractivity contribution in [2.45, 2.75) is 32.1 Å². The van der Waals surface area contributed by atoms with Crippen LogP contribution in [0.25, 0.3) is 11.1 Å². The fourth-order valence-corrected chi connectivity index (χ4v) is 4.26. The van der Waals surface area contributed by atoms with Gasteiger partial charge in [0.1, 0.15) is 0 Å². The molecule has 2 atom stereocenters. The van der Waals surface area contributed by atoms with E-state index in [1.165, 1.54) is 5.56 Å². The van der Waals surface area contributed by atoms with E-state index in [-0.39, 0.29) is 18.1 Å². The Bertz CT molecular complexity index is 1030. The van der Waals surface area contributed by atoms with Crippen LogP contribution < -0.4 is 0 Å². The molecule has 2 aliphatic rings. The summed E-state index contributed by atoms with van der Waals surface area (Å²) >= 11 is 0. The normalized spacial score (nSPS) is 21.1. The molecule has 1 saturated heterocycles. The summed E-state index contributed by atoms with van der Waals surface area (Å²) < 4.78 is 7.88. The highest BCUT2D eigenvalue weighted by molar-refractivity contribution is 5.95. The first-order valence-electron chi connectivity index (χ1n) is 9.67. The molecule has 6 heteroatoms. The molecule has 6 nitrogen and oxygen atoms in total. The minimum Gasteiger partial charge on any atom is -0.370 e. The number of hydrogen-bond acceptors (Lipinski definition) is 4. The number of ether oxygens (including phenoxy) is 1. The monoisotopic (exact) mass is 374 g/mol. The van der Waals surface area contributed by atoms with Crippen molar-refractivity contribution < 1.29 is 9.53 Å². The molecule has 0 spiro atoms. The van der Waals surface area contributed by atoms with Crippen LogP contribution in [0.4, 0.5) is 0 Å². The van der Waals surface area contributed by atoms with Crippen LogP contribution in [0.5, 0.6) is 0 Å². The van der Waals surface area contributed by atoms with Crippen LogP contribution in [0.1, 0.15) is 34.1 Å². The fourth-order valence-electron chi connectivity index (χ4n) is 4.26. The zero-order valence-electron chi connectivity index (χ0n) is 15.8. The number of carbonyl (C=O) groups is 1. The molecule has 1 aromatic heterocycles. The van der Waals surface area contributed by atoms with Gasteiger partial charge >= 0.3 is 0 Å². The minimum absolute atomic E-state index is 0.0310. The average Bonchev–Trinajstić information content (AvgIpc) is 3.23. The zero-order valence-corrected chi connectivity index (χ0v) is 15.8. The Labute approximate surface area is 163 Å². The number of amides is 1. The maximum atomic E-state index is 13.2. The maximum absolute atomic E-state index is 13.2. The second-order valence-corrected chi connectivity index (χ2v) is 7.52. The van der Waals surface area contributed by atoms with Crippen LogP contribution in [0, 0.1) is 6.92 Å². The highest BCUT2D eigenvalue weighted by Gasteiger charge is 2.38. The molecular weight excluding hydrogens is 352 g/mol. The van der Waals surface area contributed by atoms with E-state index in [1.807, 2.05) is 39.9 Å². The second-order valence-electron chi connectivity index (χ2n) is 7.52. The van der Waals surface area contributed by atoms with E-state index >= 15 is 0 Å². The lowest BCUT2D eigenvalue weighted by atomic mass is 9.97. The van der Waals surface area contributed by atoms with E-state index in [4.69, 9.17) is 4.74 Å². The highest BCUT2D eigenvalue weighted by atomic mass is 16.5. The Balaban J connectivity index is 1.41. The molecule has 0 aliphatic carbocycles. The summed E-state index contributed by atoms with van der Waals surface area (Å²) in [7, 11) is 0. The van der Waals surface area contributed by atoms with Crippen molar-refractivity contribution in [3.8, 4) is 11.1 Å². The number of aromatic nitrogens is 3. The Hall–Kier alpha value is -2.99. The lowest BCUT2D eigenvalue weighted by Crippen LogP contribution is -2.49. The Morgan fingerprint density at radius 3 is 2.96 bits per heavy atom. The molecule has 28 heavy (non-hydrogen) atoms. The Morgan fingerprint density at radius 2 is 2.07 bits per heavy atom. The summed E-state index contributed by atoms with van der Waals surface area (Å²) in [6, 6.07) is 16.2. The summed E-state index contributed by atoms with van der Waals surface area (Å²) in [6.07, 6.45) is 2.65. The third-order valence-electron chi connectivity index (χ3n) is 5.78. The van der Waals surface area contributed by atoms with Crippen LogP contribution in [-0.4, -0.2) is 45.0 Å². The van der Waals surface area contributed by atoms with Gasteiger partial charge in [0.05, 0.1) is 30.6 Å². The summed E-state index contributed by atoms with van der Waals surface area (Å²) in [6.45, 7) is 3.92. The summed E-state index contributed by atoms with van der Waals surface area (Å²) in [5, 5.41) is 8.23. The van der Waals surface area contributed by atoms with Crippen molar-refractivity contribution in [1.82, 2.24) is 19.9 Å². The van der Waals surface area contributed by atoms with Gasteiger partial charge in [-0.1, -0.05) is 41.6 Å². The maximum Gasteiger partial charge on any atom is 0.253 e. The van der Waals surface area contributed by atoms with Crippen molar-refractivity contribution in [3.63, 3.8) is 0 Å². The second kappa shape index (κ2) is 6.87. The number of rotatable bonds is 2. The van der Waals surface area contributed by atoms with Gasteiger partial charge in [-0.15, -0.1) is 5.10 Å². The first-order valence-corrected chi connectivity index (χ1v) is 9.67. The molecule has 0 radical (unpaired) electrons. The van der Waals surface area contributed by atoms with Crippen molar-refractivity contribution in [2.75, 3.05) is 13.1 Å². The van der Waals surface area contributed by atoms with Crippen LogP contribution in [0.2, 0.25) is 0 Å². The molecule has 5 rings (SSSR count). The first-order chi connectivity index (χ1) is 13.7. The standard InChI is InChI=1S/C22H22N4O2/c1-15-5-2-3-8-19(15)16-6-4-7-17(11-16)22(27)25-10-9-21-20(13-25)26-18(14-28-21)12-23-24-26/h2-8,11-12,20-21H,9-10,13-14H2,1H3. The molecular formula is C22H22N4O2. The number of fused-ring (bicyclic) bond motifs is 3. The highest BCUT2D eigenvalue weighted by Crippen LogP contribution is 2.31.